The van der Waals surface area contributed by atoms with Crippen molar-refractivity contribution >= 4 is 34.3 Å². The Morgan fingerprint density at radius 3 is 2.78 bits per heavy atom. The first-order valence-corrected chi connectivity index (χ1v) is 11.7. The summed E-state index contributed by atoms with van der Waals surface area (Å²) in [5.41, 5.74) is 4.42. The molecular weight excluding hydrogens is 482 g/mol. The number of fused-ring (bicyclic) bond motifs is 1. The first kappa shape index (κ1) is 23.4. The molecule has 1 aromatic carbocycles. The van der Waals surface area contributed by atoms with Gasteiger partial charge < -0.3 is 14.7 Å². The fraction of sp³-hybridized carbons (Fsp3) is 0.200. The molecule has 0 unspecified atom stereocenters. The second-order valence-electron chi connectivity index (χ2n) is 8.28. The predicted molar refractivity (Wildman–Crippen MR) is 133 cm³/mol. The number of hydrogen-bond donors (Lipinski definition) is 2. The number of amides is 1. The smallest absolute Gasteiger partial charge is 0.251 e. The summed E-state index contributed by atoms with van der Waals surface area (Å²) >= 11 is 6.42. The molecule has 0 aliphatic heterocycles. The minimum Gasteiger partial charge on any atom is -0.420 e. The Morgan fingerprint density at radius 2 is 2.03 bits per heavy atom. The van der Waals surface area contributed by atoms with E-state index in [4.69, 9.17) is 16.0 Å². The second-order valence-corrected chi connectivity index (χ2v) is 8.69. The molecule has 2 N–H and O–H groups in total. The zero-order valence-corrected chi connectivity index (χ0v) is 20.3. The molecule has 4 aromatic heterocycles. The standard InChI is InChI=1S/C25H22ClN7O3/c1-3-18(34)11-29-24(35)15-5-4-14(21(26)7-15)8-22-31-32-25(36-22)20-12-28-23-19(20)6-16(9-27-23)17-10-30-33(2)13-17/h4-7,9-10,12-13H,3,8,11H2,1-2H3,(H,27,28)(H,29,35). The van der Waals surface area contributed by atoms with Crippen molar-refractivity contribution in [1.82, 2.24) is 35.3 Å². The van der Waals surface area contributed by atoms with Crippen LogP contribution in [-0.2, 0) is 18.3 Å². The van der Waals surface area contributed by atoms with Crippen molar-refractivity contribution in [3.05, 3.63) is 71.1 Å². The largest absolute Gasteiger partial charge is 0.420 e. The van der Waals surface area contributed by atoms with Gasteiger partial charge in [0.2, 0.25) is 11.8 Å². The van der Waals surface area contributed by atoms with Crippen LogP contribution < -0.4 is 5.32 Å². The lowest BCUT2D eigenvalue weighted by atomic mass is 10.1. The number of carbonyl (C=O) groups is 2. The van der Waals surface area contributed by atoms with Crippen LogP contribution in [0.2, 0.25) is 5.02 Å². The molecule has 11 heteroatoms. The Balaban J connectivity index is 1.34. The van der Waals surface area contributed by atoms with Gasteiger partial charge in [0.25, 0.3) is 5.91 Å². The number of ketones is 1. The Kier molecular flexibility index (Phi) is 6.34. The van der Waals surface area contributed by atoms with E-state index in [1.807, 2.05) is 19.3 Å². The van der Waals surface area contributed by atoms with Gasteiger partial charge in [-0.1, -0.05) is 24.6 Å². The SMILES string of the molecule is CCC(=O)CNC(=O)c1ccc(Cc2nnc(-c3c[nH]c4ncc(-c5cnn(C)c5)cc34)o2)c(Cl)c1. The van der Waals surface area contributed by atoms with Gasteiger partial charge in [0.1, 0.15) is 5.65 Å². The molecule has 5 rings (SSSR count). The van der Waals surface area contributed by atoms with Crippen LogP contribution in [-0.4, -0.2) is 48.2 Å². The summed E-state index contributed by atoms with van der Waals surface area (Å²) in [6, 6.07) is 6.95. The summed E-state index contributed by atoms with van der Waals surface area (Å²) in [6.07, 6.45) is 7.93. The minimum atomic E-state index is -0.357. The van der Waals surface area contributed by atoms with Crippen molar-refractivity contribution in [1.29, 1.82) is 0 Å². The van der Waals surface area contributed by atoms with E-state index in [2.05, 4.69) is 30.6 Å². The predicted octanol–water partition coefficient (Wildman–Crippen LogP) is 3.97. The van der Waals surface area contributed by atoms with Crippen LogP contribution >= 0.6 is 11.6 Å². The van der Waals surface area contributed by atoms with Crippen LogP contribution in [0, 0.1) is 0 Å². The highest BCUT2D eigenvalue weighted by molar-refractivity contribution is 6.31. The number of hydrogen-bond acceptors (Lipinski definition) is 7. The zero-order valence-electron chi connectivity index (χ0n) is 19.6. The van der Waals surface area contributed by atoms with Crippen molar-refractivity contribution in [2.45, 2.75) is 19.8 Å². The van der Waals surface area contributed by atoms with Crippen LogP contribution in [0.25, 0.3) is 33.6 Å². The number of nitrogens with one attached hydrogen (secondary N) is 2. The van der Waals surface area contributed by atoms with E-state index in [1.54, 1.807) is 48.4 Å². The van der Waals surface area contributed by atoms with Gasteiger partial charge in [-0.3, -0.25) is 14.3 Å². The number of carbonyl (C=O) groups excluding carboxylic acids is 2. The van der Waals surface area contributed by atoms with Crippen LogP contribution in [0.3, 0.4) is 0 Å². The van der Waals surface area contributed by atoms with Crippen molar-refractivity contribution in [2.75, 3.05) is 6.54 Å². The minimum absolute atomic E-state index is 0.00739. The summed E-state index contributed by atoms with van der Waals surface area (Å²) in [7, 11) is 1.86. The van der Waals surface area contributed by atoms with Crippen LogP contribution in [0.4, 0.5) is 0 Å². The number of halogens is 1. The lowest BCUT2D eigenvalue weighted by molar-refractivity contribution is -0.117. The molecule has 0 radical (unpaired) electrons. The first-order valence-electron chi connectivity index (χ1n) is 11.3. The maximum Gasteiger partial charge on any atom is 0.251 e. The lowest BCUT2D eigenvalue weighted by Crippen LogP contribution is -2.29. The van der Waals surface area contributed by atoms with Crippen molar-refractivity contribution in [3.63, 3.8) is 0 Å². The average molecular weight is 504 g/mol. The number of rotatable bonds is 8. The zero-order chi connectivity index (χ0) is 25.2. The molecule has 0 bridgehead atoms. The molecule has 4 heterocycles. The third-order valence-corrected chi connectivity index (χ3v) is 6.12. The van der Waals surface area contributed by atoms with Gasteiger partial charge in [-0.15, -0.1) is 10.2 Å². The summed E-state index contributed by atoms with van der Waals surface area (Å²) in [5, 5.41) is 16.4. The van der Waals surface area contributed by atoms with Crippen LogP contribution in [0.15, 0.2) is 53.5 Å². The maximum absolute atomic E-state index is 12.3. The highest BCUT2D eigenvalue weighted by Crippen LogP contribution is 2.31. The number of nitrogens with zero attached hydrogens (tertiary/aromatic N) is 5. The summed E-state index contributed by atoms with van der Waals surface area (Å²) in [6.45, 7) is 1.74. The molecule has 0 spiro atoms. The number of benzene rings is 1. The summed E-state index contributed by atoms with van der Waals surface area (Å²) in [4.78, 5) is 31.3. The van der Waals surface area contributed by atoms with E-state index < -0.39 is 0 Å². The van der Waals surface area contributed by atoms with Crippen molar-refractivity contribution < 1.29 is 14.0 Å². The number of aryl methyl sites for hydroxylation is 1. The molecule has 0 saturated heterocycles. The third-order valence-electron chi connectivity index (χ3n) is 5.76. The highest BCUT2D eigenvalue weighted by atomic mass is 35.5. The molecule has 0 aliphatic carbocycles. The third kappa shape index (κ3) is 4.76. The Hall–Kier alpha value is -4.31. The molecule has 0 fully saturated rings. The van der Waals surface area contributed by atoms with Crippen molar-refractivity contribution in [3.8, 4) is 22.6 Å². The Labute approximate surface area is 210 Å². The van der Waals surface area contributed by atoms with Gasteiger partial charge in [0.05, 0.1) is 24.7 Å². The molecule has 36 heavy (non-hydrogen) atoms. The monoisotopic (exact) mass is 503 g/mol. The molecule has 0 saturated carbocycles. The number of aromatic nitrogens is 6. The van der Waals surface area contributed by atoms with E-state index >= 15 is 0 Å². The van der Waals surface area contributed by atoms with Gasteiger partial charge in [-0.25, -0.2) is 4.98 Å². The topological polar surface area (TPSA) is 132 Å². The molecule has 1 amide bonds. The van der Waals surface area contributed by atoms with Gasteiger partial charge in [-0.2, -0.15) is 5.10 Å². The number of pyridine rings is 1. The van der Waals surface area contributed by atoms with Crippen LogP contribution in [0.5, 0.6) is 0 Å². The van der Waals surface area contributed by atoms with Crippen LogP contribution in [0.1, 0.15) is 35.2 Å². The molecular formula is C25H22ClN7O3. The van der Waals surface area contributed by atoms with E-state index in [1.165, 1.54) is 0 Å². The number of Topliss-reactive ketones (excluding diaryl/α,β-unsaturated/α-hetero) is 1. The van der Waals surface area contributed by atoms with Crippen molar-refractivity contribution in [2.24, 2.45) is 7.05 Å². The van der Waals surface area contributed by atoms with Gasteiger partial charge in [0, 0.05) is 59.2 Å². The number of H-pyrrole nitrogens is 1. The first-order chi connectivity index (χ1) is 17.4. The Morgan fingerprint density at radius 1 is 1.17 bits per heavy atom. The van der Waals surface area contributed by atoms with E-state index in [-0.39, 0.29) is 18.2 Å². The van der Waals surface area contributed by atoms with E-state index in [0.717, 1.165) is 27.6 Å². The second kappa shape index (κ2) is 9.74. The average Bonchev–Trinajstić information content (AvgIpc) is 3.62. The summed E-state index contributed by atoms with van der Waals surface area (Å²) < 4.78 is 7.67. The summed E-state index contributed by atoms with van der Waals surface area (Å²) in [5.74, 6) is 0.332. The van der Waals surface area contributed by atoms with E-state index in [9.17, 15) is 9.59 Å². The molecule has 10 nitrogen and oxygen atoms in total. The molecule has 0 aliphatic rings. The molecule has 0 atom stereocenters. The van der Waals surface area contributed by atoms with Gasteiger partial charge >= 0.3 is 0 Å². The Bertz CT molecular complexity index is 1580. The maximum atomic E-state index is 12.3. The quantitative estimate of drug-likeness (QED) is 0.327. The normalized spacial score (nSPS) is 11.2. The van der Waals surface area contributed by atoms with Gasteiger partial charge in [0.15, 0.2) is 5.78 Å². The fourth-order valence-corrected chi connectivity index (χ4v) is 3.99. The lowest BCUT2D eigenvalue weighted by Gasteiger charge is -2.06. The highest BCUT2D eigenvalue weighted by Gasteiger charge is 2.17. The molecule has 5 aromatic rings. The fourth-order valence-electron chi connectivity index (χ4n) is 3.74. The van der Waals surface area contributed by atoms with Gasteiger partial charge in [-0.05, 0) is 23.8 Å². The van der Waals surface area contributed by atoms with E-state index in [0.29, 0.717) is 40.9 Å². The number of aromatic amines is 1. The molecule has 182 valence electrons.